The number of thioether (sulfide) groups is 1. The van der Waals surface area contributed by atoms with Crippen molar-refractivity contribution in [2.24, 2.45) is 0 Å². The van der Waals surface area contributed by atoms with E-state index in [0.717, 1.165) is 16.4 Å². The Labute approximate surface area is 165 Å². The maximum Gasteiger partial charge on any atom is 0.239 e. The van der Waals surface area contributed by atoms with Gasteiger partial charge in [-0.1, -0.05) is 59.0 Å². The Bertz CT molecular complexity index is 947. The molecule has 140 valence electrons. The summed E-state index contributed by atoms with van der Waals surface area (Å²) in [6.45, 7) is 10.1. The molecule has 2 aromatic heterocycles. The minimum absolute atomic E-state index is 0.152. The second-order valence-corrected chi connectivity index (χ2v) is 8.44. The zero-order valence-electron chi connectivity index (χ0n) is 15.3. The number of nitrogens with zero attached hydrogens (tertiary/aromatic N) is 5. The van der Waals surface area contributed by atoms with Gasteiger partial charge in [0.05, 0.1) is 5.25 Å². The Kier molecular flexibility index (Phi) is 6.02. The van der Waals surface area contributed by atoms with Gasteiger partial charge in [-0.25, -0.2) is 0 Å². The van der Waals surface area contributed by atoms with E-state index in [9.17, 15) is 4.79 Å². The van der Waals surface area contributed by atoms with E-state index in [4.69, 9.17) is 0 Å². The van der Waals surface area contributed by atoms with Crippen molar-refractivity contribution in [2.75, 3.05) is 5.32 Å². The first-order chi connectivity index (χ1) is 13.0. The summed E-state index contributed by atoms with van der Waals surface area (Å²) in [6.07, 6.45) is 1.79. The Morgan fingerprint density at radius 1 is 1.26 bits per heavy atom. The number of aromatic nitrogens is 5. The van der Waals surface area contributed by atoms with E-state index in [1.807, 2.05) is 49.6 Å². The number of rotatable bonds is 7. The highest BCUT2D eigenvalue weighted by atomic mass is 32.2. The second-order valence-electron chi connectivity index (χ2n) is 5.95. The first-order valence-electron chi connectivity index (χ1n) is 8.36. The van der Waals surface area contributed by atoms with Crippen molar-refractivity contribution >= 4 is 34.1 Å². The number of hydrogen-bond acceptors (Lipinski definition) is 7. The molecule has 7 nitrogen and oxygen atoms in total. The standard InChI is InChI=1S/C18H20N6OS2/c1-5-10-24-15(14-8-6-11(2)7-9-14)21-23-18(24)26-12(3)16(25)19-17-22-20-13(4)27-17/h5-9,12H,1,10H2,2-4H3,(H,19,22,25). The predicted molar refractivity (Wildman–Crippen MR) is 109 cm³/mol. The Morgan fingerprint density at radius 3 is 2.63 bits per heavy atom. The molecule has 0 radical (unpaired) electrons. The highest BCUT2D eigenvalue weighted by molar-refractivity contribution is 8.00. The number of carbonyl (C=O) groups is 1. The van der Waals surface area contributed by atoms with E-state index in [-0.39, 0.29) is 11.2 Å². The predicted octanol–water partition coefficient (Wildman–Crippen LogP) is 3.72. The highest BCUT2D eigenvalue weighted by Gasteiger charge is 2.21. The first-order valence-corrected chi connectivity index (χ1v) is 10.1. The quantitative estimate of drug-likeness (QED) is 0.481. The number of aryl methyl sites for hydroxylation is 2. The minimum atomic E-state index is -0.368. The van der Waals surface area contributed by atoms with E-state index >= 15 is 0 Å². The molecule has 1 unspecified atom stereocenters. The normalized spacial score (nSPS) is 12.0. The molecule has 0 aliphatic heterocycles. The average Bonchev–Trinajstić information content (AvgIpc) is 3.22. The van der Waals surface area contributed by atoms with Gasteiger partial charge in [-0.15, -0.1) is 27.0 Å². The van der Waals surface area contributed by atoms with Gasteiger partial charge in [0.25, 0.3) is 0 Å². The SMILES string of the molecule is C=CCn1c(SC(C)C(=O)Nc2nnc(C)s2)nnc1-c1ccc(C)cc1. The molecule has 0 bridgehead atoms. The topological polar surface area (TPSA) is 85.6 Å². The molecule has 3 aromatic rings. The van der Waals surface area contributed by atoms with Crippen LogP contribution in [0.1, 0.15) is 17.5 Å². The maximum atomic E-state index is 12.4. The lowest BCUT2D eigenvalue weighted by Crippen LogP contribution is -2.22. The maximum absolute atomic E-state index is 12.4. The lowest BCUT2D eigenvalue weighted by molar-refractivity contribution is -0.115. The van der Waals surface area contributed by atoms with E-state index in [1.54, 1.807) is 6.08 Å². The zero-order chi connectivity index (χ0) is 19.4. The van der Waals surface area contributed by atoms with Crippen molar-refractivity contribution in [1.29, 1.82) is 0 Å². The van der Waals surface area contributed by atoms with Gasteiger partial charge in [-0.05, 0) is 20.8 Å². The summed E-state index contributed by atoms with van der Waals surface area (Å²) < 4.78 is 1.96. The lowest BCUT2D eigenvalue weighted by Gasteiger charge is -2.11. The zero-order valence-corrected chi connectivity index (χ0v) is 17.0. The summed E-state index contributed by atoms with van der Waals surface area (Å²) in [4.78, 5) is 12.4. The molecule has 1 N–H and O–H groups in total. The van der Waals surface area contributed by atoms with Crippen LogP contribution in [0.3, 0.4) is 0 Å². The molecule has 3 rings (SSSR count). The Balaban J connectivity index is 1.78. The number of amides is 1. The van der Waals surface area contributed by atoms with E-state index in [2.05, 4.69) is 32.3 Å². The van der Waals surface area contributed by atoms with Crippen LogP contribution in [0.15, 0.2) is 42.1 Å². The first kappa shape index (κ1) is 19.2. The molecule has 0 saturated carbocycles. The third-order valence-corrected chi connectivity index (χ3v) is 5.58. The summed E-state index contributed by atoms with van der Waals surface area (Å²) in [5, 5.41) is 20.8. The molecule has 0 spiro atoms. The van der Waals surface area contributed by atoms with Crippen LogP contribution in [0.5, 0.6) is 0 Å². The minimum Gasteiger partial charge on any atom is -0.300 e. The van der Waals surface area contributed by atoms with Crippen molar-refractivity contribution in [2.45, 2.75) is 37.7 Å². The molecule has 1 amide bonds. The smallest absolute Gasteiger partial charge is 0.239 e. The molecular weight excluding hydrogens is 380 g/mol. The average molecular weight is 401 g/mol. The van der Waals surface area contributed by atoms with Crippen LogP contribution < -0.4 is 5.32 Å². The van der Waals surface area contributed by atoms with Crippen LogP contribution in [0.4, 0.5) is 5.13 Å². The summed E-state index contributed by atoms with van der Waals surface area (Å²) in [5.74, 6) is 0.603. The lowest BCUT2D eigenvalue weighted by atomic mass is 10.1. The van der Waals surface area contributed by atoms with Gasteiger partial charge in [0.1, 0.15) is 5.01 Å². The summed E-state index contributed by atoms with van der Waals surface area (Å²) in [7, 11) is 0. The fourth-order valence-electron chi connectivity index (χ4n) is 2.35. The van der Waals surface area contributed by atoms with Crippen LogP contribution in [0, 0.1) is 13.8 Å². The van der Waals surface area contributed by atoms with E-state index in [0.29, 0.717) is 16.8 Å². The van der Waals surface area contributed by atoms with Crippen molar-refractivity contribution in [3.05, 3.63) is 47.5 Å². The molecule has 9 heteroatoms. The number of nitrogens with one attached hydrogen (secondary N) is 1. The van der Waals surface area contributed by atoms with E-state index < -0.39 is 0 Å². The highest BCUT2D eigenvalue weighted by Crippen LogP contribution is 2.28. The number of anilines is 1. The van der Waals surface area contributed by atoms with Crippen LogP contribution >= 0.6 is 23.1 Å². The molecule has 0 fully saturated rings. The Hall–Kier alpha value is -2.52. The van der Waals surface area contributed by atoms with Crippen LogP contribution in [-0.4, -0.2) is 36.1 Å². The molecule has 1 aromatic carbocycles. The third kappa shape index (κ3) is 4.61. The largest absolute Gasteiger partial charge is 0.300 e. The Morgan fingerprint density at radius 2 is 2.00 bits per heavy atom. The molecule has 1 atom stereocenters. The van der Waals surface area contributed by atoms with Crippen LogP contribution in [-0.2, 0) is 11.3 Å². The third-order valence-electron chi connectivity index (χ3n) is 3.75. The fraction of sp³-hybridized carbons (Fsp3) is 0.278. The molecular formula is C18H20N6OS2. The van der Waals surface area contributed by atoms with Gasteiger partial charge in [-0.2, -0.15) is 0 Å². The molecule has 0 aliphatic carbocycles. The monoisotopic (exact) mass is 400 g/mol. The van der Waals surface area contributed by atoms with Gasteiger partial charge in [0.15, 0.2) is 11.0 Å². The summed E-state index contributed by atoms with van der Waals surface area (Å²) >= 11 is 2.69. The van der Waals surface area contributed by atoms with Crippen molar-refractivity contribution < 1.29 is 4.79 Å². The second kappa shape index (κ2) is 8.45. The van der Waals surface area contributed by atoms with E-state index in [1.165, 1.54) is 28.7 Å². The molecule has 0 aliphatic rings. The van der Waals surface area contributed by atoms with Gasteiger partial charge >= 0.3 is 0 Å². The summed E-state index contributed by atoms with van der Waals surface area (Å²) in [5.41, 5.74) is 2.16. The van der Waals surface area contributed by atoms with Gasteiger partial charge in [0.2, 0.25) is 11.0 Å². The van der Waals surface area contributed by atoms with Gasteiger partial charge in [-0.3, -0.25) is 14.7 Å². The summed E-state index contributed by atoms with van der Waals surface area (Å²) in [6, 6.07) is 8.10. The van der Waals surface area contributed by atoms with Gasteiger partial charge in [0, 0.05) is 12.1 Å². The number of allylic oxidation sites excluding steroid dienone is 1. The van der Waals surface area contributed by atoms with Crippen LogP contribution in [0.25, 0.3) is 11.4 Å². The number of carbonyl (C=O) groups excluding carboxylic acids is 1. The van der Waals surface area contributed by atoms with Crippen molar-refractivity contribution in [3.8, 4) is 11.4 Å². The van der Waals surface area contributed by atoms with Gasteiger partial charge < -0.3 is 0 Å². The fourth-order valence-corrected chi connectivity index (χ4v) is 3.80. The van der Waals surface area contributed by atoms with Crippen LogP contribution in [0.2, 0.25) is 0 Å². The molecule has 0 saturated heterocycles. The molecule has 2 heterocycles. The number of hydrogen-bond donors (Lipinski definition) is 1. The number of benzene rings is 1. The molecule has 27 heavy (non-hydrogen) atoms. The van der Waals surface area contributed by atoms with Crippen molar-refractivity contribution in [3.63, 3.8) is 0 Å². The van der Waals surface area contributed by atoms with Crippen molar-refractivity contribution in [1.82, 2.24) is 25.0 Å².